The number of para-hydroxylation sites is 1. The van der Waals surface area contributed by atoms with Gasteiger partial charge in [0.1, 0.15) is 11.5 Å². The van der Waals surface area contributed by atoms with Crippen LogP contribution in [0.5, 0.6) is 11.5 Å². The van der Waals surface area contributed by atoms with Gasteiger partial charge in [-0.05, 0) is 56.1 Å². The average Bonchev–Trinajstić information content (AvgIpc) is 2.54. The topological polar surface area (TPSA) is 44.5 Å². The van der Waals surface area contributed by atoms with Gasteiger partial charge in [0.25, 0.3) is 0 Å². The van der Waals surface area contributed by atoms with Crippen molar-refractivity contribution in [2.45, 2.75) is 32.3 Å². The fourth-order valence-corrected chi connectivity index (χ4v) is 2.88. The second-order valence-electron chi connectivity index (χ2n) is 5.81. The summed E-state index contributed by atoms with van der Waals surface area (Å²) < 4.78 is 11.1. The molecule has 0 aliphatic rings. The number of ether oxygens (including phenoxy) is 2. The summed E-state index contributed by atoms with van der Waals surface area (Å²) in [5, 5.41) is 0.631. The third kappa shape index (κ3) is 4.63. The van der Waals surface area contributed by atoms with Gasteiger partial charge in [0.15, 0.2) is 0 Å². The molecule has 23 heavy (non-hydrogen) atoms. The number of nitrogens with two attached hydrogens (primary N) is 1. The summed E-state index contributed by atoms with van der Waals surface area (Å²) in [5.41, 5.74) is 8.25. The number of hydrogen-bond donors (Lipinski definition) is 1. The minimum absolute atomic E-state index is 0.101. The van der Waals surface area contributed by atoms with Crippen molar-refractivity contribution < 1.29 is 9.47 Å². The highest BCUT2D eigenvalue weighted by atomic mass is 35.5. The monoisotopic (exact) mass is 333 g/mol. The first kappa shape index (κ1) is 17.6. The Morgan fingerprint density at radius 3 is 2.43 bits per heavy atom. The molecule has 124 valence electrons. The first-order chi connectivity index (χ1) is 11.0. The Hall–Kier alpha value is -1.71. The molecular formula is C19H24ClNO2. The summed E-state index contributed by atoms with van der Waals surface area (Å²) in [4.78, 5) is 0. The first-order valence-electron chi connectivity index (χ1n) is 7.83. The van der Waals surface area contributed by atoms with Crippen molar-refractivity contribution in [3.05, 3.63) is 58.6 Å². The Kier molecular flexibility index (Phi) is 6.31. The highest BCUT2D eigenvalue weighted by Crippen LogP contribution is 2.31. The molecule has 2 rings (SSSR count). The summed E-state index contributed by atoms with van der Waals surface area (Å²) >= 11 is 6.32. The molecule has 0 fully saturated rings. The van der Waals surface area contributed by atoms with E-state index in [0.717, 1.165) is 23.3 Å². The Labute approximate surface area is 143 Å². The molecule has 0 saturated heterocycles. The van der Waals surface area contributed by atoms with Crippen molar-refractivity contribution in [3.63, 3.8) is 0 Å². The van der Waals surface area contributed by atoms with E-state index in [9.17, 15) is 0 Å². The zero-order valence-corrected chi connectivity index (χ0v) is 14.6. The molecule has 0 aromatic heterocycles. The molecule has 2 N–H and O–H groups in total. The van der Waals surface area contributed by atoms with E-state index >= 15 is 0 Å². The lowest BCUT2D eigenvalue weighted by Gasteiger charge is -2.19. The highest BCUT2D eigenvalue weighted by molar-refractivity contribution is 6.32. The van der Waals surface area contributed by atoms with Gasteiger partial charge in [-0.2, -0.15) is 0 Å². The molecule has 0 saturated carbocycles. The van der Waals surface area contributed by atoms with Crippen molar-refractivity contribution >= 4 is 11.6 Å². The molecule has 0 amide bonds. The normalized spacial score (nSPS) is 12.3. The lowest BCUT2D eigenvalue weighted by molar-refractivity contribution is 0.242. The van der Waals surface area contributed by atoms with E-state index in [0.29, 0.717) is 17.3 Å². The van der Waals surface area contributed by atoms with Crippen molar-refractivity contribution in [1.29, 1.82) is 0 Å². The van der Waals surface area contributed by atoms with Crippen molar-refractivity contribution in [1.82, 2.24) is 0 Å². The fourth-order valence-electron chi connectivity index (χ4n) is 2.63. The van der Waals surface area contributed by atoms with Gasteiger partial charge in [0.2, 0.25) is 0 Å². The number of benzene rings is 2. The third-order valence-corrected chi connectivity index (χ3v) is 4.00. The standard InChI is InChI=1S/C19H24ClNO2/c1-13(2)23-19-9-8-14(11-17(19)20)10-15(12-21)16-6-4-5-7-18(16)22-3/h4-9,11,13,15H,10,12,21H2,1-3H3. The van der Waals surface area contributed by atoms with Crippen LogP contribution in [0.15, 0.2) is 42.5 Å². The van der Waals surface area contributed by atoms with Crippen LogP contribution in [0.2, 0.25) is 5.02 Å². The van der Waals surface area contributed by atoms with E-state index in [1.807, 2.05) is 50.2 Å². The van der Waals surface area contributed by atoms with Gasteiger partial charge in [0, 0.05) is 5.92 Å². The van der Waals surface area contributed by atoms with Crippen molar-refractivity contribution in [2.75, 3.05) is 13.7 Å². The molecule has 0 aliphatic carbocycles. The fraction of sp³-hybridized carbons (Fsp3) is 0.368. The molecule has 2 aromatic carbocycles. The summed E-state index contributed by atoms with van der Waals surface area (Å²) in [6.45, 7) is 4.51. The van der Waals surface area contributed by atoms with Gasteiger partial charge in [-0.1, -0.05) is 35.9 Å². The summed E-state index contributed by atoms with van der Waals surface area (Å²) in [7, 11) is 1.68. The van der Waals surface area contributed by atoms with E-state index in [-0.39, 0.29) is 12.0 Å². The van der Waals surface area contributed by atoms with Gasteiger partial charge in [-0.25, -0.2) is 0 Å². The second kappa shape index (κ2) is 8.23. The minimum atomic E-state index is 0.101. The first-order valence-corrected chi connectivity index (χ1v) is 8.21. The number of rotatable bonds is 7. The Morgan fingerprint density at radius 2 is 1.83 bits per heavy atom. The molecular weight excluding hydrogens is 310 g/mol. The number of methoxy groups -OCH3 is 1. The molecule has 3 nitrogen and oxygen atoms in total. The van der Waals surface area contributed by atoms with Crippen molar-refractivity contribution in [3.8, 4) is 11.5 Å². The van der Waals surface area contributed by atoms with Crippen LogP contribution >= 0.6 is 11.6 Å². The molecule has 1 atom stereocenters. The lowest BCUT2D eigenvalue weighted by Crippen LogP contribution is -2.16. The molecule has 0 bridgehead atoms. The van der Waals surface area contributed by atoms with E-state index < -0.39 is 0 Å². The van der Waals surface area contributed by atoms with Crippen LogP contribution < -0.4 is 15.2 Å². The molecule has 4 heteroatoms. The maximum absolute atomic E-state index is 6.32. The molecule has 0 spiro atoms. The smallest absolute Gasteiger partial charge is 0.138 e. The molecule has 0 radical (unpaired) electrons. The van der Waals surface area contributed by atoms with Gasteiger partial charge in [-0.15, -0.1) is 0 Å². The van der Waals surface area contributed by atoms with E-state index in [1.54, 1.807) is 7.11 Å². The van der Waals surface area contributed by atoms with Gasteiger partial charge in [-0.3, -0.25) is 0 Å². The van der Waals surface area contributed by atoms with E-state index in [4.69, 9.17) is 26.8 Å². The Bertz CT molecular complexity index is 643. The summed E-state index contributed by atoms with van der Waals surface area (Å²) in [6, 6.07) is 13.9. The zero-order chi connectivity index (χ0) is 16.8. The van der Waals surface area contributed by atoms with Gasteiger partial charge in [0.05, 0.1) is 18.2 Å². The SMILES string of the molecule is COc1ccccc1C(CN)Cc1ccc(OC(C)C)c(Cl)c1. The highest BCUT2D eigenvalue weighted by Gasteiger charge is 2.16. The van der Waals surface area contributed by atoms with Crippen LogP contribution in [-0.4, -0.2) is 19.8 Å². The zero-order valence-electron chi connectivity index (χ0n) is 13.9. The van der Waals surface area contributed by atoms with E-state index in [1.165, 1.54) is 0 Å². The second-order valence-corrected chi connectivity index (χ2v) is 6.22. The number of hydrogen-bond acceptors (Lipinski definition) is 3. The summed E-state index contributed by atoms with van der Waals surface area (Å²) in [6.07, 6.45) is 0.905. The van der Waals surface area contributed by atoms with Crippen LogP contribution in [0.4, 0.5) is 0 Å². The minimum Gasteiger partial charge on any atom is -0.496 e. The van der Waals surface area contributed by atoms with Crippen LogP contribution in [0.1, 0.15) is 30.9 Å². The molecule has 0 aliphatic heterocycles. The van der Waals surface area contributed by atoms with Crippen LogP contribution in [0.3, 0.4) is 0 Å². The quantitative estimate of drug-likeness (QED) is 0.815. The Morgan fingerprint density at radius 1 is 1.09 bits per heavy atom. The molecule has 1 unspecified atom stereocenters. The molecule has 2 aromatic rings. The Balaban J connectivity index is 2.20. The summed E-state index contributed by atoms with van der Waals surface area (Å²) in [5.74, 6) is 1.76. The predicted molar refractivity (Wildman–Crippen MR) is 95.7 cm³/mol. The maximum Gasteiger partial charge on any atom is 0.138 e. The lowest BCUT2D eigenvalue weighted by atomic mass is 9.91. The maximum atomic E-state index is 6.32. The largest absolute Gasteiger partial charge is 0.496 e. The van der Waals surface area contributed by atoms with E-state index in [2.05, 4.69) is 6.07 Å². The van der Waals surface area contributed by atoms with Crippen LogP contribution in [0, 0.1) is 0 Å². The van der Waals surface area contributed by atoms with Gasteiger partial charge >= 0.3 is 0 Å². The molecule has 0 heterocycles. The third-order valence-electron chi connectivity index (χ3n) is 3.70. The van der Waals surface area contributed by atoms with Crippen molar-refractivity contribution in [2.24, 2.45) is 5.73 Å². The van der Waals surface area contributed by atoms with Gasteiger partial charge < -0.3 is 15.2 Å². The van der Waals surface area contributed by atoms with Crippen LogP contribution in [0.25, 0.3) is 0 Å². The average molecular weight is 334 g/mol. The number of halogens is 1. The van der Waals surface area contributed by atoms with Crippen LogP contribution in [-0.2, 0) is 6.42 Å². The predicted octanol–water partition coefficient (Wildman–Crippen LogP) is 4.42.